The summed E-state index contributed by atoms with van der Waals surface area (Å²) in [5.41, 5.74) is 1.57. The van der Waals surface area contributed by atoms with Crippen LogP contribution in [0.5, 0.6) is 0 Å². The van der Waals surface area contributed by atoms with Crippen LogP contribution in [-0.2, 0) is 4.57 Å². The Morgan fingerprint density at radius 2 is 1.70 bits per heavy atom. The van der Waals surface area contributed by atoms with Crippen molar-refractivity contribution in [2.45, 2.75) is 63.4 Å². The standard InChI is InChI=1S/C17H26OP2/c1-13-7-6-12-19(13)16-8-4-5-9-17(16)20(18)14(2)10-11-15(20)3/h4-5,8-9,13-15H,6-7,10-12H2,1-3H3/t13-,14-,15-,19?/m1/s1. The monoisotopic (exact) mass is 308 g/mol. The molecule has 0 N–H and O–H groups in total. The topological polar surface area (TPSA) is 17.1 Å². The van der Waals surface area contributed by atoms with Gasteiger partial charge in [-0.3, -0.25) is 0 Å². The fourth-order valence-electron chi connectivity index (χ4n) is 4.07. The lowest BCUT2D eigenvalue weighted by Crippen LogP contribution is -2.29. The molecule has 0 amide bonds. The minimum absolute atomic E-state index is 0.0805. The molecular formula is C17H26OP2. The van der Waals surface area contributed by atoms with Crippen LogP contribution in [0.25, 0.3) is 0 Å². The van der Waals surface area contributed by atoms with Gasteiger partial charge in [0.25, 0.3) is 0 Å². The van der Waals surface area contributed by atoms with E-state index < -0.39 is 7.14 Å². The molecule has 2 aliphatic rings. The van der Waals surface area contributed by atoms with Gasteiger partial charge in [-0.15, -0.1) is 0 Å². The van der Waals surface area contributed by atoms with E-state index in [0.717, 1.165) is 18.5 Å². The lowest BCUT2D eigenvalue weighted by molar-refractivity contribution is 0.575. The molecule has 0 bridgehead atoms. The molecule has 1 aromatic rings. The van der Waals surface area contributed by atoms with E-state index in [1.54, 1.807) is 0 Å². The largest absolute Gasteiger partial charge is 0.318 e. The zero-order valence-corrected chi connectivity index (χ0v) is 14.7. The number of hydrogen-bond acceptors (Lipinski definition) is 1. The maximum Gasteiger partial charge on any atom is 0.121 e. The van der Waals surface area contributed by atoms with E-state index in [9.17, 15) is 4.57 Å². The van der Waals surface area contributed by atoms with Crippen LogP contribution >= 0.6 is 15.1 Å². The summed E-state index contributed by atoms with van der Waals surface area (Å²) < 4.78 is 13.8. The highest BCUT2D eigenvalue weighted by Crippen LogP contribution is 2.63. The van der Waals surface area contributed by atoms with Gasteiger partial charge in [0.15, 0.2) is 0 Å². The molecule has 4 atom stereocenters. The summed E-state index contributed by atoms with van der Waals surface area (Å²) in [6, 6.07) is 8.75. The summed E-state index contributed by atoms with van der Waals surface area (Å²) in [7, 11) is -2.29. The Balaban J connectivity index is 2.08. The van der Waals surface area contributed by atoms with Gasteiger partial charge in [-0.25, -0.2) is 0 Å². The third-order valence-corrected chi connectivity index (χ3v) is 13.0. The Labute approximate surface area is 124 Å². The Morgan fingerprint density at radius 3 is 2.30 bits per heavy atom. The molecule has 0 saturated carbocycles. The molecule has 3 heteroatoms. The van der Waals surface area contributed by atoms with Crippen LogP contribution in [-0.4, -0.2) is 23.1 Å². The molecule has 1 aromatic carbocycles. The van der Waals surface area contributed by atoms with Gasteiger partial charge in [0.05, 0.1) is 0 Å². The zero-order chi connectivity index (χ0) is 14.3. The first-order chi connectivity index (χ1) is 9.55. The molecule has 20 heavy (non-hydrogen) atoms. The van der Waals surface area contributed by atoms with Crippen molar-refractivity contribution in [2.75, 3.05) is 6.16 Å². The number of hydrogen-bond donors (Lipinski definition) is 0. The van der Waals surface area contributed by atoms with Crippen molar-refractivity contribution in [3.63, 3.8) is 0 Å². The van der Waals surface area contributed by atoms with Gasteiger partial charge >= 0.3 is 0 Å². The second kappa shape index (κ2) is 5.58. The van der Waals surface area contributed by atoms with Crippen LogP contribution in [0, 0.1) is 0 Å². The minimum Gasteiger partial charge on any atom is -0.318 e. The normalized spacial score (nSPS) is 36.4. The predicted molar refractivity (Wildman–Crippen MR) is 92.0 cm³/mol. The van der Waals surface area contributed by atoms with Gasteiger partial charge in [-0.05, 0) is 42.8 Å². The van der Waals surface area contributed by atoms with Crippen LogP contribution < -0.4 is 10.6 Å². The highest BCUT2D eigenvalue weighted by atomic mass is 31.2. The molecule has 110 valence electrons. The van der Waals surface area contributed by atoms with Crippen LogP contribution in [0.15, 0.2) is 24.3 Å². The van der Waals surface area contributed by atoms with E-state index >= 15 is 0 Å². The molecule has 2 fully saturated rings. The van der Waals surface area contributed by atoms with Gasteiger partial charge in [-0.2, -0.15) is 0 Å². The number of benzene rings is 1. The lowest BCUT2D eigenvalue weighted by atomic mass is 10.2. The summed E-state index contributed by atoms with van der Waals surface area (Å²) in [5.74, 6) is 0. The van der Waals surface area contributed by atoms with Crippen molar-refractivity contribution in [3.8, 4) is 0 Å². The average molecular weight is 308 g/mol. The first-order valence-electron chi connectivity index (χ1n) is 8.00. The quantitative estimate of drug-likeness (QED) is 0.733. The van der Waals surface area contributed by atoms with Crippen molar-refractivity contribution >= 4 is 25.7 Å². The smallest absolute Gasteiger partial charge is 0.121 e. The third kappa shape index (κ3) is 2.22. The summed E-state index contributed by atoms with van der Waals surface area (Å²) in [6.07, 6.45) is 6.34. The lowest BCUT2D eigenvalue weighted by Gasteiger charge is -2.28. The average Bonchev–Trinajstić information content (AvgIpc) is 2.99. The maximum atomic E-state index is 13.8. The molecule has 2 aliphatic heterocycles. The maximum absolute atomic E-state index is 13.8. The van der Waals surface area contributed by atoms with Crippen molar-refractivity contribution in [2.24, 2.45) is 0 Å². The van der Waals surface area contributed by atoms with E-state index in [-0.39, 0.29) is 7.92 Å². The molecule has 1 unspecified atom stereocenters. The summed E-state index contributed by atoms with van der Waals surface area (Å²) in [5, 5.41) is 2.74. The highest BCUT2D eigenvalue weighted by molar-refractivity contribution is 7.76. The van der Waals surface area contributed by atoms with E-state index in [2.05, 4.69) is 45.0 Å². The van der Waals surface area contributed by atoms with E-state index in [4.69, 9.17) is 0 Å². The summed E-state index contributed by atoms with van der Waals surface area (Å²) in [6.45, 7) is 6.83. The molecule has 0 spiro atoms. The van der Waals surface area contributed by atoms with Crippen LogP contribution in [0.4, 0.5) is 0 Å². The van der Waals surface area contributed by atoms with Gasteiger partial charge in [0, 0.05) is 16.6 Å². The zero-order valence-electron chi connectivity index (χ0n) is 12.9. The van der Waals surface area contributed by atoms with Gasteiger partial charge < -0.3 is 4.57 Å². The van der Waals surface area contributed by atoms with Crippen molar-refractivity contribution < 1.29 is 4.57 Å². The third-order valence-electron chi connectivity index (χ3n) is 5.43. The van der Waals surface area contributed by atoms with Crippen LogP contribution in [0.3, 0.4) is 0 Å². The van der Waals surface area contributed by atoms with Crippen molar-refractivity contribution in [1.82, 2.24) is 0 Å². The van der Waals surface area contributed by atoms with Crippen molar-refractivity contribution in [3.05, 3.63) is 24.3 Å². The Morgan fingerprint density at radius 1 is 1.05 bits per heavy atom. The fraction of sp³-hybridized carbons (Fsp3) is 0.647. The van der Waals surface area contributed by atoms with E-state index in [1.165, 1.54) is 29.6 Å². The van der Waals surface area contributed by atoms with Crippen LogP contribution in [0.1, 0.15) is 46.5 Å². The molecule has 0 radical (unpaired) electrons. The minimum atomic E-state index is -2.20. The molecule has 0 aromatic heterocycles. The Bertz CT molecular complexity index is 526. The first kappa shape index (κ1) is 14.8. The van der Waals surface area contributed by atoms with E-state index in [1.807, 2.05) is 0 Å². The highest BCUT2D eigenvalue weighted by Gasteiger charge is 2.44. The van der Waals surface area contributed by atoms with Gasteiger partial charge in [0.1, 0.15) is 7.14 Å². The molecule has 3 rings (SSSR count). The predicted octanol–water partition coefficient (Wildman–Crippen LogP) is 4.54. The molecular weight excluding hydrogens is 282 g/mol. The summed E-state index contributed by atoms with van der Waals surface area (Å²) >= 11 is 0. The second-order valence-electron chi connectivity index (χ2n) is 6.66. The Hall–Kier alpha value is -0.120. The number of rotatable bonds is 2. The van der Waals surface area contributed by atoms with Gasteiger partial charge in [-0.1, -0.05) is 53.0 Å². The molecule has 2 saturated heterocycles. The first-order valence-corrected chi connectivity index (χ1v) is 11.4. The summed E-state index contributed by atoms with van der Waals surface area (Å²) in [4.78, 5) is 0. The second-order valence-corrected chi connectivity index (χ2v) is 13.1. The van der Waals surface area contributed by atoms with Gasteiger partial charge in [0.2, 0.25) is 0 Å². The SMILES string of the molecule is C[C@@H]1CCCP1c1ccccc1P1(=O)[C@H](C)CC[C@H]1C. The molecule has 1 nitrogen and oxygen atoms in total. The van der Waals surface area contributed by atoms with E-state index in [0.29, 0.717) is 11.3 Å². The fourth-order valence-corrected chi connectivity index (χ4v) is 11.4. The van der Waals surface area contributed by atoms with Crippen LogP contribution in [0.2, 0.25) is 0 Å². The molecule has 2 heterocycles. The molecule has 0 aliphatic carbocycles. The Kier molecular flexibility index (Phi) is 4.13. The van der Waals surface area contributed by atoms with Crippen molar-refractivity contribution in [1.29, 1.82) is 0 Å².